The number of allylic oxidation sites excluding steroid dienone is 2. The van der Waals surface area contributed by atoms with Crippen molar-refractivity contribution in [2.24, 2.45) is 11.1 Å². The van der Waals surface area contributed by atoms with Crippen molar-refractivity contribution in [3.05, 3.63) is 35.4 Å². The van der Waals surface area contributed by atoms with Gasteiger partial charge in [0.2, 0.25) is 10.0 Å². The Morgan fingerprint density at radius 2 is 2.16 bits per heavy atom. The van der Waals surface area contributed by atoms with Crippen LogP contribution in [0.2, 0.25) is 5.02 Å². The van der Waals surface area contributed by atoms with Crippen LogP contribution in [0.5, 0.6) is 0 Å². The maximum atomic E-state index is 11.3. The molecule has 2 rings (SSSR count). The molecule has 0 heterocycles. The summed E-state index contributed by atoms with van der Waals surface area (Å²) >= 11 is 6.05. The summed E-state index contributed by atoms with van der Waals surface area (Å²) in [6.07, 6.45) is 7.64. The van der Waals surface area contributed by atoms with Crippen molar-refractivity contribution in [1.82, 2.24) is 0 Å². The second kappa shape index (κ2) is 5.94. The van der Waals surface area contributed by atoms with Gasteiger partial charge in [0.25, 0.3) is 0 Å². The molecule has 1 unspecified atom stereocenters. The first-order valence-corrected chi connectivity index (χ1v) is 8.10. The SMILES string of the molecule is NS(=O)(=O)c1ccc(Cl)c(NCC2CC=CCC2)c1. The van der Waals surface area contributed by atoms with E-state index in [0.29, 0.717) is 16.6 Å². The molecule has 0 aromatic heterocycles. The van der Waals surface area contributed by atoms with Crippen molar-refractivity contribution in [3.63, 3.8) is 0 Å². The third-order valence-electron chi connectivity index (χ3n) is 3.23. The molecule has 1 aromatic carbocycles. The van der Waals surface area contributed by atoms with Crippen molar-refractivity contribution in [2.75, 3.05) is 11.9 Å². The average molecular weight is 301 g/mol. The third kappa shape index (κ3) is 3.96. The van der Waals surface area contributed by atoms with Crippen LogP contribution in [0.4, 0.5) is 5.69 Å². The van der Waals surface area contributed by atoms with E-state index < -0.39 is 10.0 Å². The van der Waals surface area contributed by atoms with Gasteiger partial charge in [0.05, 0.1) is 15.6 Å². The monoisotopic (exact) mass is 300 g/mol. The number of halogens is 1. The van der Waals surface area contributed by atoms with Crippen LogP contribution in [0.15, 0.2) is 35.2 Å². The van der Waals surface area contributed by atoms with Gasteiger partial charge in [-0.2, -0.15) is 0 Å². The molecule has 1 aliphatic carbocycles. The molecule has 4 nitrogen and oxygen atoms in total. The second-order valence-electron chi connectivity index (χ2n) is 4.72. The minimum absolute atomic E-state index is 0.0722. The zero-order chi connectivity index (χ0) is 13.9. The molecule has 3 N–H and O–H groups in total. The summed E-state index contributed by atoms with van der Waals surface area (Å²) in [6.45, 7) is 0.776. The standard InChI is InChI=1S/C13H17ClN2O2S/c14-12-7-6-11(19(15,17)18)8-13(12)16-9-10-4-2-1-3-5-10/h1-2,6-8,10,16H,3-5,9H2,(H2,15,17,18). The molecule has 1 aromatic rings. The van der Waals surface area contributed by atoms with Crippen LogP contribution in [-0.2, 0) is 10.0 Å². The van der Waals surface area contributed by atoms with Crippen LogP contribution in [0.1, 0.15) is 19.3 Å². The van der Waals surface area contributed by atoms with Crippen LogP contribution in [0.3, 0.4) is 0 Å². The minimum atomic E-state index is -3.70. The number of hydrogen-bond donors (Lipinski definition) is 2. The highest BCUT2D eigenvalue weighted by Crippen LogP contribution is 2.26. The fourth-order valence-corrected chi connectivity index (χ4v) is 2.84. The summed E-state index contributed by atoms with van der Waals surface area (Å²) < 4.78 is 22.6. The fourth-order valence-electron chi connectivity index (χ4n) is 2.11. The van der Waals surface area contributed by atoms with Gasteiger partial charge >= 0.3 is 0 Å². The Bertz CT molecular complexity index is 584. The van der Waals surface area contributed by atoms with E-state index in [1.807, 2.05) is 0 Å². The number of primary sulfonamides is 1. The van der Waals surface area contributed by atoms with E-state index in [0.717, 1.165) is 25.8 Å². The van der Waals surface area contributed by atoms with Crippen LogP contribution in [0.25, 0.3) is 0 Å². The quantitative estimate of drug-likeness (QED) is 0.840. The van der Waals surface area contributed by atoms with Crippen molar-refractivity contribution >= 4 is 27.3 Å². The number of nitrogens with two attached hydrogens (primary N) is 1. The molecule has 0 amide bonds. The molecule has 0 saturated heterocycles. The topological polar surface area (TPSA) is 72.2 Å². The summed E-state index contributed by atoms with van der Waals surface area (Å²) in [7, 11) is -3.70. The highest BCUT2D eigenvalue weighted by atomic mass is 35.5. The number of benzene rings is 1. The Morgan fingerprint density at radius 3 is 2.79 bits per heavy atom. The fraction of sp³-hybridized carbons (Fsp3) is 0.385. The van der Waals surface area contributed by atoms with Gasteiger partial charge in [-0.3, -0.25) is 0 Å². The summed E-state index contributed by atoms with van der Waals surface area (Å²) in [6, 6.07) is 4.44. The maximum Gasteiger partial charge on any atom is 0.238 e. The number of sulfonamides is 1. The smallest absolute Gasteiger partial charge is 0.238 e. The lowest BCUT2D eigenvalue weighted by molar-refractivity contribution is 0.504. The molecule has 0 radical (unpaired) electrons. The first kappa shape index (κ1) is 14.4. The first-order chi connectivity index (χ1) is 8.97. The molecule has 0 spiro atoms. The van der Waals surface area contributed by atoms with Crippen LogP contribution >= 0.6 is 11.6 Å². The number of nitrogens with one attached hydrogen (secondary N) is 1. The number of rotatable bonds is 4. The molecule has 0 aliphatic heterocycles. The Balaban J connectivity index is 2.09. The molecule has 1 aliphatic rings. The summed E-state index contributed by atoms with van der Waals surface area (Å²) in [5, 5.41) is 8.82. The van der Waals surface area contributed by atoms with Crippen molar-refractivity contribution in [1.29, 1.82) is 0 Å². The maximum absolute atomic E-state index is 11.3. The predicted molar refractivity (Wildman–Crippen MR) is 77.8 cm³/mol. The van der Waals surface area contributed by atoms with Gasteiger partial charge in [-0.1, -0.05) is 23.8 Å². The van der Waals surface area contributed by atoms with E-state index in [1.165, 1.54) is 12.1 Å². The van der Waals surface area contributed by atoms with E-state index in [-0.39, 0.29) is 4.90 Å². The summed E-state index contributed by atoms with van der Waals surface area (Å²) in [5.74, 6) is 0.555. The van der Waals surface area contributed by atoms with E-state index in [2.05, 4.69) is 17.5 Å². The Kier molecular flexibility index (Phi) is 4.50. The minimum Gasteiger partial charge on any atom is -0.384 e. The lowest BCUT2D eigenvalue weighted by atomic mass is 9.94. The molecule has 0 fully saturated rings. The lowest BCUT2D eigenvalue weighted by Crippen LogP contribution is -2.16. The molecule has 0 saturated carbocycles. The van der Waals surface area contributed by atoms with Gasteiger partial charge in [0.1, 0.15) is 0 Å². The van der Waals surface area contributed by atoms with Gasteiger partial charge < -0.3 is 5.32 Å². The molecular weight excluding hydrogens is 284 g/mol. The van der Waals surface area contributed by atoms with E-state index >= 15 is 0 Å². The molecule has 19 heavy (non-hydrogen) atoms. The molecule has 0 bridgehead atoms. The number of hydrogen-bond acceptors (Lipinski definition) is 3. The normalized spacial score (nSPS) is 19.4. The molecule has 1 atom stereocenters. The van der Waals surface area contributed by atoms with Gasteiger partial charge in [0, 0.05) is 6.54 Å². The Hall–Kier alpha value is -1.04. The van der Waals surface area contributed by atoms with Crippen molar-refractivity contribution in [3.8, 4) is 0 Å². The zero-order valence-corrected chi connectivity index (χ0v) is 12.0. The Morgan fingerprint density at radius 1 is 1.37 bits per heavy atom. The van der Waals surface area contributed by atoms with Gasteiger partial charge in [-0.25, -0.2) is 13.6 Å². The Labute approximate surface area is 118 Å². The summed E-state index contributed by atoms with van der Waals surface area (Å²) in [5.41, 5.74) is 0.614. The van der Waals surface area contributed by atoms with Gasteiger partial charge in [-0.15, -0.1) is 0 Å². The highest BCUT2D eigenvalue weighted by Gasteiger charge is 2.13. The van der Waals surface area contributed by atoms with Crippen LogP contribution in [0, 0.1) is 5.92 Å². The third-order valence-corrected chi connectivity index (χ3v) is 4.47. The van der Waals surface area contributed by atoms with Crippen molar-refractivity contribution < 1.29 is 8.42 Å². The second-order valence-corrected chi connectivity index (χ2v) is 6.69. The molecular formula is C13H17ClN2O2S. The zero-order valence-electron chi connectivity index (χ0n) is 10.5. The van der Waals surface area contributed by atoms with Gasteiger partial charge in [-0.05, 0) is 43.4 Å². The number of anilines is 1. The van der Waals surface area contributed by atoms with E-state index in [4.69, 9.17) is 16.7 Å². The first-order valence-electron chi connectivity index (χ1n) is 6.18. The predicted octanol–water partition coefficient (Wildman–Crippen LogP) is 2.76. The van der Waals surface area contributed by atoms with E-state index in [9.17, 15) is 8.42 Å². The van der Waals surface area contributed by atoms with Crippen LogP contribution < -0.4 is 10.5 Å². The average Bonchev–Trinajstić information content (AvgIpc) is 2.37. The largest absolute Gasteiger partial charge is 0.384 e. The lowest BCUT2D eigenvalue weighted by Gasteiger charge is -2.19. The van der Waals surface area contributed by atoms with Crippen LogP contribution in [-0.4, -0.2) is 15.0 Å². The molecule has 104 valence electrons. The molecule has 6 heteroatoms. The van der Waals surface area contributed by atoms with Gasteiger partial charge in [0.15, 0.2) is 0 Å². The summed E-state index contributed by atoms with van der Waals surface area (Å²) in [4.78, 5) is 0.0722. The van der Waals surface area contributed by atoms with Crippen molar-refractivity contribution in [2.45, 2.75) is 24.2 Å². The highest BCUT2D eigenvalue weighted by molar-refractivity contribution is 7.89. The van der Waals surface area contributed by atoms with E-state index in [1.54, 1.807) is 6.07 Å².